The number of carbonyl (C=O) groups excluding carboxylic acids is 9. The highest BCUT2D eigenvalue weighted by molar-refractivity contribution is 6.01. The number of amides is 9. The van der Waals surface area contributed by atoms with Gasteiger partial charge in [-0.05, 0) is 225 Å². The second-order valence-corrected chi connectivity index (χ2v) is 32.3. The molecule has 0 atom stereocenters. The van der Waals surface area contributed by atoms with Gasteiger partial charge in [0.15, 0.2) is 0 Å². The quantitative estimate of drug-likeness (QED) is 0.0271. The second kappa shape index (κ2) is 45.7. The molecule has 0 aliphatic carbocycles. The van der Waals surface area contributed by atoms with Gasteiger partial charge < -0.3 is 91.2 Å². The number of halogens is 6. The number of fused-ring (bicyclic) bond motifs is 4. The van der Waals surface area contributed by atoms with Gasteiger partial charge in [0.25, 0.3) is 23.6 Å². The van der Waals surface area contributed by atoms with Crippen molar-refractivity contribution < 1.29 is 99.0 Å². The van der Waals surface area contributed by atoms with Crippen LogP contribution in [0, 0.1) is 0 Å². The summed E-state index contributed by atoms with van der Waals surface area (Å²) in [7, 11) is 0. The van der Waals surface area contributed by atoms with Crippen molar-refractivity contribution in [1.82, 2.24) is 46.2 Å². The van der Waals surface area contributed by atoms with Gasteiger partial charge in [-0.3, -0.25) is 38.4 Å². The third-order valence-corrected chi connectivity index (χ3v) is 16.4. The summed E-state index contributed by atoms with van der Waals surface area (Å²) in [5.74, 6) is -0.478. The van der Waals surface area contributed by atoms with Crippen LogP contribution in [0.5, 0.6) is 23.0 Å². The van der Waals surface area contributed by atoms with Crippen molar-refractivity contribution in [2.24, 2.45) is 11.5 Å². The zero-order valence-electron chi connectivity index (χ0n) is 68.6. The van der Waals surface area contributed by atoms with Gasteiger partial charge in [-0.2, -0.15) is 0 Å². The Morgan fingerprint density at radius 3 is 0.836 bits per heavy atom. The summed E-state index contributed by atoms with van der Waals surface area (Å²) in [6.07, 6.45) is 2.68. The SMILES string of the molecule is CC(C)(C)NC(=O)CN1CCc2cc(OC/C(=C/F)CN)ccc2C1=O.CC(C)(C)NC(=O)CN1CCc2cc(OC/C(=C/F)CN)ccc2C1=O.CC(C)(C)NC(=O)CN1CCc2cc(OC/C(=C/F)CNC(=O)OC(C)(C)C)ccc2C1=O.CC(C)(C)OC(=O)NC/C(=C\F)COc1ccc2c(c1)CCN(CC(=O)O)C2=O.Cl.Cl. The molecule has 4 aliphatic heterocycles. The average molecular weight is 1670 g/mol. The predicted octanol–water partition coefficient (Wildman–Crippen LogP) is 10.3. The van der Waals surface area contributed by atoms with E-state index < -0.39 is 29.4 Å². The molecule has 0 saturated heterocycles. The van der Waals surface area contributed by atoms with E-state index >= 15 is 0 Å². The third kappa shape index (κ3) is 34.9. The first kappa shape index (κ1) is 99.8. The van der Waals surface area contributed by atoms with Crippen molar-refractivity contribution in [3.8, 4) is 23.0 Å². The Hall–Kier alpha value is -10.4. The number of ether oxygens (including phenoxy) is 6. The number of rotatable bonds is 26. The number of carboxylic acids is 1. The number of alkyl carbamates (subject to hydrolysis) is 2. The van der Waals surface area contributed by atoms with Crippen molar-refractivity contribution in [2.45, 2.75) is 157 Å². The summed E-state index contributed by atoms with van der Waals surface area (Å²) < 4.78 is 83.8. The molecule has 4 aromatic carbocycles. The highest BCUT2D eigenvalue weighted by Gasteiger charge is 2.32. The van der Waals surface area contributed by atoms with Crippen LogP contribution in [-0.2, 0) is 54.3 Å². The Bertz CT molecular complexity index is 4100. The van der Waals surface area contributed by atoms with Crippen LogP contribution in [0.3, 0.4) is 0 Å². The first-order valence-corrected chi connectivity index (χ1v) is 37.1. The highest BCUT2D eigenvalue weighted by atomic mass is 35.5. The molecule has 640 valence electrons. The molecule has 4 aromatic rings. The van der Waals surface area contributed by atoms with Crippen LogP contribution in [-0.4, -0.2) is 217 Å². The van der Waals surface area contributed by atoms with Crippen LogP contribution in [0.1, 0.15) is 168 Å². The minimum Gasteiger partial charge on any atom is -0.489 e. The van der Waals surface area contributed by atoms with Gasteiger partial charge >= 0.3 is 18.2 Å². The largest absolute Gasteiger partial charge is 0.489 e. The van der Waals surface area contributed by atoms with E-state index in [-0.39, 0.29) is 173 Å². The molecule has 0 bridgehead atoms. The molecular weight excluding hydrogens is 1560 g/mol. The van der Waals surface area contributed by atoms with E-state index in [0.717, 1.165) is 22.3 Å². The standard InChI is InChI=1S/C24H34FN3O5.C20H25FN2O6.2C19H26FN3O3.2ClH/c1-23(2,3)27-20(29)14-28-10-9-17-11-18(7-8-19(17)21(28)30)32-15-16(12-25)13-26-22(31)33-24(4,5)6;1-20(2,3)29-19(27)22-10-13(9-21)12-28-15-4-5-16-14(8-15)6-7-23(18(16)26)11-17(24)25;2*1-19(2,3)22-17(24)11-23-7-6-14-8-15(4-5-16(14)18(23)25)26-12-13(9-20)10-21;;/h7-8,11-12H,9-10,13-15H2,1-6H3,(H,26,31)(H,27,29);4-5,8-9H,6-7,10-12H2,1-3H3,(H,22,27)(H,24,25);2*4-5,8-9H,6-7,10-12,21H2,1-3H3,(H,22,24);2*1H/b16-12+;3*13-9+;;. The van der Waals surface area contributed by atoms with E-state index in [9.17, 15) is 65.5 Å². The van der Waals surface area contributed by atoms with Crippen LogP contribution >= 0.6 is 24.8 Å². The summed E-state index contributed by atoms with van der Waals surface area (Å²) >= 11 is 0. The van der Waals surface area contributed by atoms with Crippen molar-refractivity contribution in [2.75, 3.05) is 105 Å². The molecule has 4 aliphatic rings. The van der Waals surface area contributed by atoms with E-state index in [4.69, 9.17) is 45.0 Å². The highest BCUT2D eigenvalue weighted by Crippen LogP contribution is 2.29. The van der Waals surface area contributed by atoms with Gasteiger partial charge in [0.1, 0.15) is 67.2 Å². The van der Waals surface area contributed by atoms with Crippen LogP contribution in [0.15, 0.2) is 120 Å². The number of benzene rings is 4. The molecular formula is C82H113Cl2F4N11O17. The molecule has 116 heavy (non-hydrogen) atoms. The lowest BCUT2D eigenvalue weighted by atomic mass is 9.98. The summed E-state index contributed by atoms with van der Waals surface area (Å²) in [6, 6.07) is 20.1. The second-order valence-electron chi connectivity index (χ2n) is 32.3. The fourth-order valence-corrected chi connectivity index (χ4v) is 11.3. The molecule has 0 fully saturated rings. The maximum Gasteiger partial charge on any atom is 0.407 e. The monoisotopic (exact) mass is 1670 g/mol. The minimum atomic E-state index is -1.06. The molecule has 9 amide bonds. The first-order valence-electron chi connectivity index (χ1n) is 37.1. The number of hydrogen-bond donors (Lipinski definition) is 8. The topological polar surface area (TPSA) is 371 Å². The molecule has 0 radical (unpaired) electrons. The fraction of sp³-hybridized carbons (Fsp3) is 0.488. The molecule has 10 N–H and O–H groups in total. The van der Waals surface area contributed by atoms with Crippen LogP contribution < -0.4 is 57.0 Å². The summed E-state index contributed by atoms with van der Waals surface area (Å²) in [5.41, 5.74) is 14.9. The zero-order valence-corrected chi connectivity index (χ0v) is 70.3. The Kier molecular flexibility index (Phi) is 39.3. The maximum atomic E-state index is 13.2. The summed E-state index contributed by atoms with van der Waals surface area (Å²) in [6.45, 7) is 28.8. The van der Waals surface area contributed by atoms with Gasteiger partial charge in [0.2, 0.25) is 17.7 Å². The van der Waals surface area contributed by atoms with Crippen molar-refractivity contribution >= 4 is 84.3 Å². The number of aliphatic carboxylic acids is 1. The molecule has 0 unspecified atom stereocenters. The number of carbonyl (C=O) groups is 10. The van der Waals surface area contributed by atoms with E-state index in [1.54, 1.807) is 124 Å². The Morgan fingerprint density at radius 1 is 0.397 bits per heavy atom. The molecule has 0 aromatic heterocycles. The zero-order chi connectivity index (χ0) is 85.1. The fourth-order valence-electron chi connectivity index (χ4n) is 11.3. The molecule has 28 nitrogen and oxygen atoms in total. The third-order valence-electron chi connectivity index (χ3n) is 16.4. The van der Waals surface area contributed by atoms with Gasteiger partial charge in [-0.25, -0.2) is 27.2 Å². The normalized spacial score (nSPS) is 14.4. The Balaban J connectivity index is 0.000000400. The summed E-state index contributed by atoms with van der Waals surface area (Å²) in [4.78, 5) is 127. The van der Waals surface area contributed by atoms with Crippen molar-refractivity contribution in [3.05, 3.63) is 165 Å². The van der Waals surface area contributed by atoms with Crippen molar-refractivity contribution in [3.63, 3.8) is 0 Å². The number of nitrogens with one attached hydrogen (secondary N) is 5. The number of carboxylic acid groups (broad SMARTS) is 1. The lowest BCUT2D eigenvalue weighted by molar-refractivity contribution is -0.138. The molecule has 8 rings (SSSR count). The van der Waals surface area contributed by atoms with E-state index in [2.05, 4.69) is 26.6 Å². The van der Waals surface area contributed by atoms with E-state index in [1.807, 2.05) is 62.3 Å². The van der Waals surface area contributed by atoms with Crippen LogP contribution in [0.4, 0.5) is 27.2 Å². The number of nitrogens with zero attached hydrogens (tertiary/aromatic N) is 4. The van der Waals surface area contributed by atoms with Gasteiger partial charge in [-0.1, -0.05) is 0 Å². The van der Waals surface area contributed by atoms with Crippen LogP contribution in [0.2, 0.25) is 0 Å². The minimum absolute atomic E-state index is 0. The lowest BCUT2D eigenvalue weighted by Crippen LogP contribution is -2.49. The van der Waals surface area contributed by atoms with E-state index in [1.165, 1.54) is 9.80 Å². The number of nitrogens with two attached hydrogens (primary N) is 2. The molecule has 0 saturated carbocycles. The van der Waals surface area contributed by atoms with Crippen LogP contribution in [0.25, 0.3) is 0 Å². The molecule has 4 heterocycles. The van der Waals surface area contributed by atoms with E-state index in [0.29, 0.717) is 134 Å². The van der Waals surface area contributed by atoms with Crippen molar-refractivity contribution in [1.29, 1.82) is 0 Å². The molecule has 0 spiro atoms. The lowest BCUT2D eigenvalue weighted by Gasteiger charge is -2.30. The van der Waals surface area contributed by atoms with Gasteiger partial charge in [0.05, 0.1) is 45.0 Å². The predicted molar refractivity (Wildman–Crippen MR) is 435 cm³/mol. The Morgan fingerprint density at radius 2 is 0.629 bits per heavy atom. The van der Waals surface area contributed by atoms with Gasteiger partial charge in [-0.15, -0.1) is 24.8 Å². The Labute approximate surface area is 688 Å². The number of hydrogen-bond acceptors (Lipinski definition) is 18. The first-order chi connectivity index (χ1) is 53.3. The average Bonchev–Trinajstić information content (AvgIpc) is 0.819. The summed E-state index contributed by atoms with van der Waals surface area (Å²) in [5, 5.41) is 22.4. The van der Waals surface area contributed by atoms with Gasteiger partial charge in [0, 0.05) is 114 Å². The molecule has 34 heteroatoms. The smallest absolute Gasteiger partial charge is 0.407 e. The maximum absolute atomic E-state index is 13.2.